The van der Waals surface area contributed by atoms with Gasteiger partial charge in [0.15, 0.2) is 0 Å². The van der Waals surface area contributed by atoms with Crippen LogP contribution in [0.25, 0.3) is 0 Å². The van der Waals surface area contributed by atoms with Gasteiger partial charge in [-0.15, -0.1) is 0 Å². The van der Waals surface area contributed by atoms with E-state index in [1.54, 1.807) is 0 Å². The SMILES string of the molecule is CN1CCCCC1CCOC1CCNC1. The lowest BCUT2D eigenvalue weighted by Crippen LogP contribution is -2.37. The van der Waals surface area contributed by atoms with Crippen molar-refractivity contribution in [3.63, 3.8) is 0 Å². The van der Waals surface area contributed by atoms with Crippen LogP contribution in [0.5, 0.6) is 0 Å². The Labute approximate surface area is 93.2 Å². The third-order valence-corrected chi connectivity index (χ3v) is 3.74. The van der Waals surface area contributed by atoms with Crippen LogP contribution in [0, 0.1) is 0 Å². The Bertz CT molecular complexity index is 180. The number of nitrogens with zero attached hydrogens (tertiary/aromatic N) is 1. The molecular weight excluding hydrogens is 188 g/mol. The number of nitrogens with one attached hydrogen (secondary N) is 1. The van der Waals surface area contributed by atoms with E-state index in [9.17, 15) is 0 Å². The molecule has 15 heavy (non-hydrogen) atoms. The van der Waals surface area contributed by atoms with E-state index in [0.29, 0.717) is 6.10 Å². The molecule has 1 N–H and O–H groups in total. The van der Waals surface area contributed by atoms with E-state index >= 15 is 0 Å². The van der Waals surface area contributed by atoms with Gasteiger partial charge in [0.1, 0.15) is 0 Å². The van der Waals surface area contributed by atoms with Crippen LogP contribution in [0.15, 0.2) is 0 Å². The molecule has 2 heterocycles. The molecule has 2 aliphatic rings. The lowest BCUT2D eigenvalue weighted by molar-refractivity contribution is 0.0450. The zero-order valence-corrected chi connectivity index (χ0v) is 9.87. The average Bonchev–Trinajstić information content (AvgIpc) is 2.74. The average molecular weight is 212 g/mol. The summed E-state index contributed by atoms with van der Waals surface area (Å²) in [6.45, 7) is 4.41. The number of likely N-dealkylation sites (tertiary alicyclic amines) is 1. The van der Waals surface area contributed by atoms with Crippen LogP contribution in [0.4, 0.5) is 0 Å². The zero-order valence-electron chi connectivity index (χ0n) is 9.87. The molecule has 0 aromatic carbocycles. The van der Waals surface area contributed by atoms with E-state index in [-0.39, 0.29) is 0 Å². The summed E-state index contributed by atoms with van der Waals surface area (Å²) in [7, 11) is 2.25. The van der Waals surface area contributed by atoms with Crippen molar-refractivity contribution in [2.24, 2.45) is 0 Å². The van der Waals surface area contributed by atoms with Crippen molar-refractivity contribution in [3.05, 3.63) is 0 Å². The third-order valence-electron chi connectivity index (χ3n) is 3.74. The minimum Gasteiger partial charge on any atom is -0.377 e. The van der Waals surface area contributed by atoms with Crippen LogP contribution in [0.3, 0.4) is 0 Å². The molecule has 2 saturated heterocycles. The van der Waals surface area contributed by atoms with Crippen LogP contribution in [0.2, 0.25) is 0 Å². The number of piperidine rings is 1. The van der Waals surface area contributed by atoms with Gasteiger partial charge in [-0.2, -0.15) is 0 Å². The second-order valence-corrected chi connectivity index (χ2v) is 4.90. The molecule has 2 fully saturated rings. The summed E-state index contributed by atoms with van der Waals surface area (Å²) in [5.41, 5.74) is 0. The van der Waals surface area contributed by atoms with Gasteiger partial charge in [0, 0.05) is 19.2 Å². The highest BCUT2D eigenvalue weighted by Crippen LogP contribution is 2.18. The minimum absolute atomic E-state index is 0.485. The van der Waals surface area contributed by atoms with Crippen molar-refractivity contribution in [2.75, 3.05) is 33.3 Å². The third kappa shape index (κ3) is 3.44. The molecule has 3 nitrogen and oxygen atoms in total. The lowest BCUT2D eigenvalue weighted by Gasteiger charge is -2.32. The van der Waals surface area contributed by atoms with Gasteiger partial charge < -0.3 is 15.0 Å². The molecule has 0 saturated carbocycles. The topological polar surface area (TPSA) is 24.5 Å². The molecule has 2 aliphatic heterocycles. The van der Waals surface area contributed by atoms with Crippen LogP contribution in [0.1, 0.15) is 32.1 Å². The standard InChI is InChI=1S/C12H24N2O/c1-14-8-3-2-4-11(14)6-9-15-12-5-7-13-10-12/h11-13H,2-10H2,1H3. The van der Waals surface area contributed by atoms with Crippen molar-refractivity contribution < 1.29 is 4.74 Å². The van der Waals surface area contributed by atoms with Crippen molar-refractivity contribution in [1.82, 2.24) is 10.2 Å². The van der Waals surface area contributed by atoms with E-state index in [2.05, 4.69) is 17.3 Å². The van der Waals surface area contributed by atoms with Crippen LogP contribution in [-0.4, -0.2) is 50.3 Å². The van der Waals surface area contributed by atoms with Crippen LogP contribution < -0.4 is 5.32 Å². The van der Waals surface area contributed by atoms with Crippen molar-refractivity contribution in [2.45, 2.75) is 44.2 Å². The molecule has 0 aromatic rings. The monoisotopic (exact) mass is 212 g/mol. The summed E-state index contributed by atoms with van der Waals surface area (Å²) < 4.78 is 5.86. The highest BCUT2D eigenvalue weighted by Gasteiger charge is 2.20. The second-order valence-electron chi connectivity index (χ2n) is 4.90. The summed E-state index contributed by atoms with van der Waals surface area (Å²) in [4.78, 5) is 2.50. The first kappa shape index (κ1) is 11.4. The van der Waals surface area contributed by atoms with Crippen LogP contribution in [-0.2, 0) is 4.74 Å². The molecule has 2 unspecified atom stereocenters. The molecule has 0 radical (unpaired) electrons. The second kappa shape index (κ2) is 5.83. The Balaban J connectivity index is 1.59. The van der Waals surface area contributed by atoms with E-state index in [1.807, 2.05) is 0 Å². The van der Waals surface area contributed by atoms with Gasteiger partial charge in [-0.1, -0.05) is 6.42 Å². The number of ether oxygens (including phenoxy) is 1. The maximum atomic E-state index is 5.86. The first-order valence-electron chi connectivity index (χ1n) is 6.39. The number of rotatable bonds is 4. The number of hydrogen-bond acceptors (Lipinski definition) is 3. The van der Waals surface area contributed by atoms with Crippen LogP contribution >= 0.6 is 0 Å². The fraction of sp³-hybridized carbons (Fsp3) is 1.00. The Morgan fingerprint density at radius 1 is 1.33 bits per heavy atom. The van der Waals surface area contributed by atoms with Gasteiger partial charge in [0.2, 0.25) is 0 Å². The molecule has 3 heteroatoms. The Morgan fingerprint density at radius 3 is 3.00 bits per heavy atom. The van der Waals surface area contributed by atoms with Gasteiger partial charge in [0.25, 0.3) is 0 Å². The molecule has 0 aliphatic carbocycles. The Hall–Kier alpha value is -0.120. The molecule has 88 valence electrons. The van der Waals surface area contributed by atoms with Gasteiger partial charge in [0.05, 0.1) is 6.10 Å². The molecular formula is C12H24N2O. The summed E-state index contributed by atoms with van der Waals surface area (Å²) in [6, 6.07) is 0.771. The van der Waals surface area contributed by atoms with Gasteiger partial charge in [-0.3, -0.25) is 0 Å². The lowest BCUT2D eigenvalue weighted by atomic mass is 10.0. The number of hydrogen-bond donors (Lipinski definition) is 1. The first-order chi connectivity index (χ1) is 7.36. The molecule has 0 aromatic heterocycles. The highest BCUT2D eigenvalue weighted by molar-refractivity contribution is 4.75. The van der Waals surface area contributed by atoms with Crippen molar-refractivity contribution in [1.29, 1.82) is 0 Å². The summed E-state index contributed by atoms with van der Waals surface area (Å²) in [5, 5.41) is 3.33. The largest absolute Gasteiger partial charge is 0.377 e. The minimum atomic E-state index is 0.485. The maximum absolute atomic E-state index is 5.86. The molecule has 2 rings (SSSR count). The van der Waals surface area contributed by atoms with Gasteiger partial charge in [-0.25, -0.2) is 0 Å². The van der Waals surface area contributed by atoms with E-state index < -0.39 is 0 Å². The fourth-order valence-corrected chi connectivity index (χ4v) is 2.65. The zero-order chi connectivity index (χ0) is 10.5. The normalized spacial score (nSPS) is 33.4. The Kier molecular flexibility index (Phi) is 4.42. The fourth-order valence-electron chi connectivity index (χ4n) is 2.65. The summed E-state index contributed by atoms with van der Waals surface area (Å²) in [6.07, 6.45) is 7.04. The van der Waals surface area contributed by atoms with Crippen molar-refractivity contribution >= 4 is 0 Å². The Morgan fingerprint density at radius 2 is 2.27 bits per heavy atom. The van der Waals surface area contributed by atoms with E-state index in [4.69, 9.17) is 4.74 Å². The highest BCUT2D eigenvalue weighted by atomic mass is 16.5. The maximum Gasteiger partial charge on any atom is 0.0711 e. The van der Waals surface area contributed by atoms with E-state index in [0.717, 1.165) is 25.7 Å². The van der Waals surface area contributed by atoms with Gasteiger partial charge in [-0.05, 0) is 45.8 Å². The molecule has 0 amide bonds. The summed E-state index contributed by atoms with van der Waals surface area (Å²) in [5.74, 6) is 0. The molecule has 0 spiro atoms. The summed E-state index contributed by atoms with van der Waals surface area (Å²) >= 11 is 0. The first-order valence-corrected chi connectivity index (χ1v) is 6.39. The van der Waals surface area contributed by atoms with Crippen molar-refractivity contribution in [3.8, 4) is 0 Å². The smallest absolute Gasteiger partial charge is 0.0711 e. The molecule has 2 atom stereocenters. The quantitative estimate of drug-likeness (QED) is 0.759. The predicted octanol–water partition coefficient (Wildman–Crippen LogP) is 1.24. The van der Waals surface area contributed by atoms with E-state index in [1.165, 1.54) is 38.6 Å². The predicted molar refractivity (Wildman–Crippen MR) is 62.1 cm³/mol. The van der Waals surface area contributed by atoms with Gasteiger partial charge >= 0.3 is 0 Å². The molecule has 0 bridgehead atoms.